The Morgan fingerprint density at radius 2 is 1.81 bits per heavy atom. The van der Waals surface area contributed by atoms with Gasteiger partial charge < -0.3 is 10.1 Å². The van der Waals surface area contributed by atoms with Crippen LogP contribution in [0.3, 0.4) is 0 Å². The minimum atomic E-state index is -0.0298. The number of benzene rings is 3. The Morgan fingerprint density at radius 1 is 1.00 bits per heavy atom. The Morgan fingerprint density at radius 3 is 2.65 bits per heavy atom. The Balaban J connectivity index is 1.17. The summed E-state index contributed by atoms with van der Waals surface area (Å²) in [5.41, 5.74) is 4.20. The SMILES string of the molecule is CCOC(=O)C1CCCN(Cc2ccc(C3CCCC(NC(C)c4cccc5ccccc45)C3)cc2)C1. The van der Waals surface area contributed by atoms with E-state index < -0.39 is 0 Å². The van der Waals surface area contributed by atoms with Gasteiger partial charge in [0.1, 0.15) is 0 Å². The van der Waals surface area contributed by atoms with Crippen molar-refractivity contribution in [1.82, 2.24) is 10.2 Å². The molecule has 0 spiro atoms. The van der Waals surface area contributed by atoms with Crippen LogP contribution in [-0.2, 0) is 16.1 Å². The number of ether oxygens (including phenoxy) is 1. The zero-order valence-electron chi connectivity index (χ0n) is 22.5. The Kier molecular flexibility index (Phi) is 8.58. The van der Waals surface area contributed by atoms with Crippen molar-refractivity contribution in [2.45, 2.75) is 76.9 Å². The van der Waals surface area contributed by atoms with Gasteiger partial charge in [0, 0.05) is 25.2 Å². The van der Waals surface area contributed by atoms with Crippen molar-refractivity contribution in [3.8, 4) is 0 Å². The van der Waals surface area contributed by atoms with E-state index in [4.69, 9.17) is 4.74 Å². The van der Waals surface area contributed by atoms with Gasteiger partial charge in [0.05, 0.1) is 12.5 Å². The summed E-state index contributed by atoms with van der Waals surface area (Å²) in [7, 11) is 0. The van der Waals surface area contributed by atoms with Crippen molar-refractivity contribution in [3.05, 3.63) is 83.4 Å². The van der Waals surface area contributed by atoms with Crippen molar-refractivity contribution in [3.63, 3.8) is 0 Å². The number of carbonyl (C=O) groups excluding carboxylic acids is 1. The van der Waals surface area contributed by atoms with Crippen LogP contribution < -0.4 is 5.32 Å². The van der Waals surface area contributed by atoms with Gasteiger partial charge in [-0.25, -0.2) is 0 Å². The molecule has 1 heterocycles. The third kappa shape index (κ3) is 6.42. The van der Waals surface area contributed by atoms with Gasteiger partial charge in [-0.2, -0.15) is 0 Å². The summed E-state index contributed by atoms with van der Waals surface area (Å²) in [4.78, 5) is 14.6. The highest BCUT2D eigenvalue weighted by Crippen LogP contribution is 2.35. The van der Waals surface area contributed by atoms with Crippen molar-refractivity contribution in [1.29, 1.82) is 0 Å². The summed E-state index contributed by atoms with van der Waals surface area (Å²) in [5, 5.41) is 6.64. The molecule has 3 aromatic rings. The average molecular weight is 499 g/mol. The van der Waals surface area contributed by atoms with Crippen LogP contribution in [0.2, 0.25) is 0 Å². The largest absolute Gasteiger partial charge is 0.466 e. The molecule has 3 aromatic carbocycles. The van der Waals surface area contributed by atoms with E-state index in [0.717, 1.165) is 32.5 Å². The summed E-state index contributed by atoms with van der Waals surface area (Å²) < 4.78 is 5.27. The summed E-state index contributed by atoms with van der Waals surface area (Å²) in [6.07, 6.45) is 7.00. The lowest BCUT2D eigenvalue weighted by Crippen LogP contribution is -2.38. The molecule has 37 heavy (non-hydrogen) atoms. The molecular formula is C33H42N2O2. The molecule has 2 fully saturated rings. The predicted molar refractivity (Wildman–Crippen MR) is 152 cm³/mol. The molecule has 0 bridgehead atoms. The van der Waals surface area contributed by atoms with E-state index in [1.165, 1.54) is 53.1 Å². The van der Waals surface area contributed by atoms with Crippen LogP contribution in [0.5, 0.6) is 0 Å². The van der Waals surface area contributed by atoms with Crippen molar-refractivity contribution >= 4 is 16.7 Å². The topological polar surface area (TPSA) is 41.6 Å². The van der Waals surface area contributed by atoms with E-state index in [-0.39, 0.29) is 11.9 Å². The van der Waals surface area contributed by atoms with Crippen molar-refractivity contribution in [2.24, 2.45) is 5.92 Å². The fourth-order valence-electron chi connectivity index (χ4n) is 6.52. The lowest BCUT2D eigenvalue weighted by Gasteiger charge is -2.33. The average Bonchev–Trinajstić information content (AvgIpc) is 2.93. The first-order valence-corrected chi connectivity index (χ1v) is 14.3. The highest BCUT2D eigenvalue weighted by Gasteiger charge is 2.27. The first-order valence-electron chi connectivity index (χ1n) is 14.3. The highest BCUT2D eigenvalue weighted by atomic mass is 16.5. The molecule has 196 valence electrons. The number of nitrogens with one attached hydrogen (secondary N) is 1. The molecule has 0 aromatic heterocycles. The van der Waals surface area contributed by atoms with Crippen molar-refractivity contribution < 1.29 is 9.53 Å². The molecule has 1 saturated heterocycles. The van der Waals surface area contributed by atoms with Gasteiger partial charge in [0.25, 0.3) is 0 Å². The normalized spacial score (nSPS) is 23.6. The molecule has 4 atom stereocenters. The molecule has 0 amide bonds. The lowest BCUT2D eigenvalue weighted by molar-refractivity contribution is -0.150. The Hall–Kier alpha value is -2.69. The zero-order chi connectivity index (χ0) is 25.6. The van der Waals surface area contributed by atoms with Crippen LogP contribution in [0.4, 0.5) is 0 Å². The van der Waals surface area contributed by atoms with Gasteiger partial charge in [0.15, 0.2) is 0 Å². The maximum atomic E-state index is 12.2. The van der Waals surface area contributed by atoms with E-state index in [1.807, 2.05) is 6.92 Å². The number of fused-ring (bicyclic) bond motifs is 1. The number of hydrogen-bond donors (Lipinski definition) is 1. The van der Waals surface area contributed by atoms with E-state index >= 15 is 0 Å². The third-order valence-electron chi connectivity index (χ3n) is 8.43. The molecule has 0 radical (unpaired) electrons. The van der Waals surface area contributed by atoms with Crippen LogP contribution >= 0.6 is 0 Å². The first-order chi connectivity index (χ1) is 18.1. The molecule has 1 aliphatic heterocycles. The van der Waals surface area contributed by atoms with Crippen LogP contribution in [0, 0.1) is 5.92 Å². The second-order valence-corrected chi connectivity index (χ2v) is 11.1. The summed E-state index contributed by atoms with van der Waals surface area (Å²) in [6.45, 7) is 7.45. The molecule has 4 nitrogen and oxygen atoms in total. The number of piperidine rings is 1. The molecule has 1 saturated carbocycles. The summed E-state index contributed by atoms with van der Waals surface area (Å²) >= 11 is 0. The minimum Gasteiger partial charge on any atom is -0.466 e. The third-order valence-corrected chi connectivity index (χ3v) is 8.43. The fraction of sp³-hybridized carbons (Fsp3) is 0.485. The monoisotopic (exact) mass is 498 g/mol. The Bertz CT molecular complexity index is 1170. The molecule has 4 unspecified atom stereocenters. The summed E-state index contributed by atoms with van der Waals surface area (Å²) in [6, 6.07) is 25.6. The van der Waals surface area contributed by atoms with E-state index in [0.29, 0.717) is 24.6 Å². The van der Waals surface area contributed by atoms with Crippen LogP contribution in [0.25, 0.3) is 10.8 Å². The van der Waals surface area contributed by atoms with Gasteiger partial charge in [-0.3, -0.25) is 9.69 Å². The van der Waals surface area contributed by atoms with Gasteiger partial charge in [-0.15, -0.1) is 0 Å². The number of hydrogen-bond acceptors (Lipinski definition) is 4. The number of esters is 1. The maximum absolute atomic E-state index is 12.2. The first kappa shape index (κ1) is 25.9. The maximum Gasteiger partial charge on any atom is 0.310 e. The molecule has 1 aliphatic carbocycles. The molecule has 4 heteroatoms. The number of rotatable bonds is 8. The predicted octanol–water partition coefficient (Wildman–Crippen LogP) is 6.99. The standard InChI is InChI=1S/C33H42N2O2/c1-3-37-33(36)29-12-8-20-35(23-29)22-25-16-18-26(19-17-25)28-11-6-13-30(21-28)34-24(2)31-15-7-10-27-9-4-5-14-32(27)31/h4-5,7,9-10,14-19,24,28-30,34H,3,6,8,11-13,20-23H2,1-2H3. The van der Waals surface area contributed by atoms with Crippen LogP contribution in [0.1, 0.15) is 81.0 Å². The fourth-order valence-corrected chi connectivity index (χ4v) is 6.52. The van der Waals surface area contributed by atoms with E-state index in [9.17, 15) is 4.79 Å². The quantitative estimate of drug-likeness (QED) is 0.340. The molecule has 1 N–H and O–H groups in total. The molecule has 2 aliphatic rings. The summed E-state index contributed by atoms with van der Waals surface area (Å²) in [5.74, 6) is 0.608. The minimum absolute atomic E-state index is 0.0240. The van der Waals surface area contributed by atoms with Crippen LogP contribution in [-0.4, -0.2) is 36.6 Å². The second kappa shape index (κ2) is 12.2. The molecule has 5 rings (SSSR count). The number of nitrogens with zero attached hydrogens (tertiary/aromatic N) is 1. The number of likely N-dealkylation sites (tertiary alicyclic amines) is 1. The van der Waals surface area contributed by atoms with Gasteiger partial charge in [-0.1, -0.05) is 73.2 Å². The highest BCUT2D eigenvalue weighted by molar-refractivity contribution is 5.86. The lowest BCUT2D eigenvalue weighted by atomic mass is 9.80. The van der Waals surface area contributed by atoms with E-state index in [1.54, 1.807) is 0 Å². The zero-order valence-corrected chi connectivity index (χ0v) is 22.5. The second-order valence-electron chi connectivity index (χ2n) is 11.1. The van der Waals surface area contributed by atoms with Gasteiger partial charge in [0.2, 0.25) is 0 Å². The number of carbonyl (C=O) groups is 1. The van der Waals surface area contributed by atoms with Crippen molar-refractivity contribution in [2.75, 3.05) is 19.7 Å². The van der Waals surface area contributed by atoms with E-state index in [2.05, 4.69) is 83.9 Å². The molecular weight excluding hydrogens is 456 g/mol. The van der Waals surface area contributed by atoms with Gasteiger partial charge >= 0.3 is 5.97 Å². The Labute approximate surface area is 222 Å². The van der Waals surface area contributed by atoms with Gasteiger partial charge in [-0.05, 0) is 85.9 Å². The van der Waals surface area contributed by atoms with Crippen LogP contribution in [0.15, 0.2) is 66.7 Å². The smallest absolute Gasteiger partial charge is 0.310 e.